The molecule has 2 rings (SSSR count). The van der Waals surface area contributed by atoms with Crippen molar-refractivity contribution < 1.29 is 4.74 Å². The Bertz CT molecular complexity index is 278. The van der Waals surface area contributed by atoms with Gasteiger partial charge in [0.25, 0.3) is 0 Å². The van der Waals surface area contributed by atoms with E-state index in [1.54, 1.807) is 0 Å². The van der Waals surface area contributed by atoms with Crippen molar-refractivity contribution in [1.82, 2.24) is 10.6 Å². The number of hydrogen-bond acceptors (Lipinski definition) is 3. The Morgan fingerprint density at radius 1 is 1.44 bits per heavy atom. The Morgan fingerprint density at radius 2 is 2.28 bits per heavy atom. The molecule has 2 fully saturated rings. The summed E-state index contributed by atoms with van der Waals surface area (Å²) in [6, 6.07) is 0.459. The number of guanidine groups is 1. The molecule has 0 amide bonds. The van der Waals surface area contributed by atoms with Crippen LogP contribution in [0.5, 0.6) is 0 Å². The van der Waals surface area contributed by atoms with Crippen molar-refractivity contribution in [2.75, 3.05) is 25.6 Å². The second-order valence-electron chi connectivity index (χ2n) is 4.71. The minimum Gasteiger partial charge on any atom is -0.373 e. The van der Waals surface area contributed by atoms with Crippen LogP contribution in [0.4, 0.5) is 0 Å². The third-order valence-corrected chi connectivity index (χ3v) is 4.17. The van der Waals surface area contributed by atoms with Crippen LogP contribution < -0.4 is 10.6 Å². The maximum atomic E-state index is 5.82. The highest BCUT2D eigenvalue weighted by Crippen LogP contribution is 2.34. The van der Waals surface area contributed by atoms with Gasteiger partial charge in [-0.2, -0.15) is 11.8 Å². The van der Waals surface area contributed by atoms with Gasteiger partial charge >= 0.3 is 0 Å². The molecule has 18 heavy (non-hydrogen) atoms. The lowest BCUT2D eigenvalue weighted by molar-refractivity contribution is 0.0992. The highest BCUT2D eigenvalue weighted by atomic mass is 127. The van der Waals surface area contributed by atoms with Gasteiger partial charge in [0.05, 0.1) is 18.2 Å². The predicted octanol–water partition coefficient (Wildman–Crippen LogP) is 1.84. The highest BCUT2D eigenvalue weighted by Gasteiger charge is 2.40. The number of fused-ring (bicyclic) bond motifs is 2. The molecule has 0 saturated carbocycles. The van der Waals surface area contributed by atoms with Crippen LogP contribution in [0.1, 0.15) is 25.7 Å². The summed E-state index contributed by atoms with van der Waals surface area (Å²) in [5, 5.41) is 6.84. The van der Waals surface area contributed by atoms with E-state index in [0.717, 1.165) is 18.9 Å². The van der Waals surface area contributed by atoms with Gasteiger partial charge in [0.1, 0.15) is 0 Å². The third kappa shape index (κ3) is 4.45. The van der Waals surface area contributed by atoms with Gasteiger partial charge in [-0.05, 0) is 37.7 Å². The number of hydrogen-bond donors (Lipinski definition) is 2. The Balaban J connectivity index is 0.00000162. The summed E-state index contributed by atoms with van der Waals surface area (Å²) in [5.74, 6) is 2.12. The largest absolute Gasteiger partial charge is 0.373 e. The van der Waals surface area contributed by atoms with E-state index < -0.39 is 0 Å². The summed E-state index contributed by atoms with van der Waals surface area (Å²) in [4.78, 5) is 4.26. The molecule has 0 aromatic heterocycles. The van der Waals surface area contributed by atoms with Crippen molar-refractivity contribution in [2.45, 2.75) is 43.9 Å². The molecule has 2 saturated heterocycles. The summed E-state index contributed by atoms with van der Waals surface area (Å²) < 4.78 is 5.82. The van der Waals surface area contributed by atoms with Gasteiger partial charge in [0, 0.05) is 13.6 Å². The fourth-order valence-corrected chi connectivity index (χ4v) is 3.02. The van der Waals surface area contributed by atoms with Gasteiger partial charge in [0.15, 0.2) is 5.96 Å². The average molecular weight is 385 g/mol. The topological polar surface area (TPSA) is 45.7 Å². The molecule has 0 aliphatic carbocycles. The van der Waals surface area contributed by atoms with Crippen molar-refractivity contribution in [3.63, 3.8) is 0 Å². The van der Waals surface area contributed by atoms with Gasteiger partial charge in [-0.15, -0.1) is 24.0 Å². The summed E-state index contributed by atoms with van der Waals surface area (Å²) in [6.45, 7) is 0.988. The molecular formula is C12H24IN3OS. The van der Waals surface area contributed by atoms with E-state index in [9.17, 15) is 0 Å². The van der Waals surface area contributed by atoms with Gasteiger partial charge in [0.2, 0.25) is 0 Å². The SMILES string of the molecule is CN=C(NCCCSC)NC1CC2CCC1O2.I. The number of aliphatic imine (C=N–C) groups is 1. The van der Waals surface area contributed by atoms with Crippen LogP contribution in [0.15, 0.2) is 4.99 Å². The maximum Gasteiger partial charge on any atom is 0.191 e. The number of halogens is 1. The Morgan fingerprint density at radius 3 is 2.83 bits per heavy atom. The molecule has 0 aromatic rings. The van der Waals surface area contributed by atoms with E-state index in [1.165, 1.54) is 25.0 Å². The second kappa shape index (κ2) is 8.47. The van der Waals surface area contributed by atoms with Crippen LogP contribution in [-0.2, 0) is 4.74 Å². The maximum absolute atomic E-state index is 5.82. The zero-order valence-corrected chi connectivity index (χ0v) is 14.3. The molecule has 6 heteroatoms. The first kappa shape index (κ1) is 16.4. The summed E-state index contributed by atoms with van der Waals surface area (Å²) >= 11 is 1.88. The lowest BCUT2D eigenvalue weighted by Gasteiger charge is -2.22. The standard InChI is InChI=1S/C12H23N3OS.HI/c1-13-12(14-6-3-7-17-2)15-10-8-9-4-5-11(10)16-9;/h9-11H,3-8H2,1-2H3,(H2,13,14,15);1H. The number of rotatable bonds is 5. The van der Waals surface area contributed by atoms with Crippen molar-refractivity contribution >= 4 is 41.7 Å². The number of thioether (sulfide) groups is 1. The number of nitrogens with zero attached hydrogens (tertiary/aromatic N) is 1. The monoisotopic (exact) mass is 385 g/mol. The van der Waals surface area contributed by atoms with E-state index >= 15 is 0 Å². The number of nitrogens with one attached hydrogen (secondary N) is 2. The van der Waals surface area contributed by atoms with Gasteiger partial charge in [-0.25, -0.2) is 0 Å². The van der Waals surface area contributed by atoms with Crippen molar-refractivity contribution in [1.29, 1.82) is 0 Å². The Kier molecular flexibility index (Phi) is 7.70. The van der Waals surface area contributed by atoms with Crippen LogP contribution in [0.2, 0.25) is 0 Å². The first-order chi connectivity index (χ1) is 8.33. The zero-order valence-electron chi connectivity index (χ0n) is 11.1. The Labute approximate surface area is 131 Å². The summed E-state index contributed by atoms with van der Waals surface area (Å²) in [7, 11) is 1.83. The molecule has 2 N–H and O–H groups in total. The molecular weight excluding hydrogens is 361 g/mol. The lowest BCUT2D eigenvalue weighted by Crippen LogP contribution is -2.47. The van der Waals surface area contributed by atoms with Crippen LogP contribution in [0.3, 0.4) is 0 Å². The zero-order chi connectivity index (χ0) is 12.1. The van der Waals surface area contributed by atoms with E-state index in [2.05, 4.69) is 21.9 Å². The lowest BCUT2D eigenvalue weighted by atomic mass is 9.96. The van der Waals surface area contributed by atoms with E-state index in [-0.39, 0.29) is 24.0 Å². The molecule has 2 aliphatic rings. The predicted molar refractivity (Wildman–Crippen MR) is 89.2 cm³/mol. The molecule has 0 spiro atoms. The molecule has 0 aromatic carbocycles. The molecule has 4 nitrogen and oxygen atoms in total. The van der Waals surface area contributed by atoms with Crippen LogP contribution >= 0.6 is 35.7 Å². The van der Waals surface area contributed by atoms with Gasteiger partial charge < -0.3 is 15.4 Å². The molecule has 2 aliphatic heterocycles. The van der Waals surface area contributed by atoms with E-state index in [0.29, 0.717) is 18.2 Å². The Hall–Kier alpha value is 0.310. The third-order valence-electron chi connectivity index (χ3n) is 3.47. The molecule has 3 unspecified atom stereocenters. The summed E-state index contributed by atoms with van der Waals surface area (Å²) in [6.07, 6.45) is 7.79. The second-order valence-corrected chi connectivity index (χ2v) is 5.69. The molecule has 2 bridgehead atoms. The van der Waals surface area contributed by atoms with Crippen molar-refractivity contribution in [2.24, 2.45) is 4.99 Å². The fraction of sp³-hybridized carbons (Fsp3) is 0.917. The van der Waals surface area contributed by atoms with Crippen LogP contribution in [0, 0.1) is 0 Å². The van der Waals surface area contributed by atoms with Gasteiger partial charge in [-0.3, -0.25) is 4.99 Å². The highest BCUT2D eigenvalue weighted by molar-refractivity contribution is 14.0. The van der Waals surface area contributed by atoms with E-state index in [4.69, 9.17) is 4.74 Å². The quantitative estimate of drug-likeness (QED) is 0.328. The minimum absolute atomic E-state index is 0. The van der Waals surface area contributed by atoms with Crippen LogP contribution in [0.25, 0.3) is 0 Å². The molecule has 0 radical (unpaired) electrons. The summed E-state index contributed by atoms with van der Waals surface area (Å²) in [5.41, 5.74) is 0. The molecule has 3 atom stereocenters. The molecule has 2 heterocycles. The molecule has 106 valence electrons. The van der Waals surface area contributed by atoms with Crippen molar-refractivity contribution in [3.8, 4) is 0 Å². The van der Waals surface area contributed by atoms with Crippen molar-refractivity contribution in [3.05, 3.63) is 0 Å². The minimum atomic E-state index is 0. The first-order valence-electron chi connectivity index (χ1n) is 6.45. The first-order valence-corrected chi connectivity index (χ1v) is 7.84. The van der Waals surface area contributed by atoms with E-state index in [1.807, 2.05) is 18.8 Å². The average Bonchev–Trinajstić information content (AvgIpc) is 2.95. The van der Waals surface area contributed by atoms with Gasteiger partial charge in [-0.1, -0.05) is 0 Å². The number of ether oxygens (including phenoxy) is 1. The smallest absolute Gasteiger partial charge is 0.191 e. The fourth-order valence-electron chi connectivity index (χ4n) is 2.58. The van der Waals surface area contributed by atoms with Crippen LogP contribution in [-0.4, -0.2) is 49.8 Å². The normalized spacial score (nSPS) is 30.1.